The van der Waals surface area contributed by atoms with E-state index in [2.05, 4.69) is 0 Å². The summed E-state index contributed by atoms with van der Waals surface area (Å²) in [6, 6.07) is 3.53. The van der Waals surface area contributed by atoms with Crippen LogP contribution in [0.3, 0.4) is 0 Å². The average Bonchev–Trinajstić information content (AvgIpc) is 3.55. The molecule has 196 valence electrons. The molecule has 0 aliphatic heterocycles. The SMILES string of the molecule is CC(C)Cn1cc([C@H](NS(=O)(=O)C2CC2)C(F)(F)F)c2cc(F)c(-c3ccccc3C(F)(F)F)cc21. The number of alkyl halides is 6. The van der Waals surface area contributed by atoms with Crippen LogP contribution >= 0.6 is 0 Å². The maximum atomic E-state index is 15.3. The third-order valence-electron chi connectivity index (χ3n) is 5.97. The van der Waals surface area contributed by atoms with Crippen LogP contribution in [0.5, 0.6) is 0 Å². The Labute approximate surface area is 203 Å². The van der Waals surface area contributed by atoms with Gasteiger partial charge in [-0.1, -0.05) is 32.0 Å². The summed E-state index contributed by atoms with van der Waals surface area (Å²) in [6.45, 7) is 3.74. The van der Waals surface area contributed by atoms with Crippen molar-refractivity contribution in [1.29, 1.82) is 0 Å². The molecule has 0 unspecified atom stereocenters. The zero-order valence-electron chi connectivity index (χ0n) is 19.2. The molecule has 0 amide bonds. The third kappa shape index (κ3) is 5.24. The maximum absolute atomic E-state index is 15.3. The topological polar surface area (TPSA) is 51.1 Å². The highest BCUT2D eigenvalue weighted by Gasteiger charge is 2.48. The lowest BCUT2D eigenvalue weighted by Crippen LogP contribution is -2.39. The molecule has 3 aromatic rings. The molecule has 4 rings (SSSR count). The first-order valence-corrected chi connectivity index (χ1v) is 12.7. The van der Waals surface area contributed by atoms with Gasteiger partial charge in [-0.05, 0) is 42.5 Å². The zero-order valence-corrected chi connectivity index (χ0v) is 20.0. The van der Waals surface area contributed by atoms with Gasteiger partial charge in [-0.25, -0.2) is 12.8 Å². The molecule has 36 heavy (non-hydrogen) atoms. The van der Waals surface area contributed by atoms with Crippen LogP contribution in [0.25, 0.3) is 22.0 Å². The summed E-state index contributed by atoms with van der Waals surface area (Å²) in [5, 5.41) is -1.16. The molecule has 1 saturated carbocycles. The minimum Gasteiger partial charge on any atom is -0.347 e. The molecule has 0 spiro atoms. The summed E-state index contributed by atoms with van der Waals surface area (Å²) in [6.07, 6.45) is -8.25. The molecule has 1 heterocycles. The van der Waals surface area contributed by atoms with E-state index >= 15 is 4.39 Å². The third-order valence-corrected chi connectivity index (χ3v) is 7.88. The van der Waals surface area contributed by atoms with Crippen molar-refractivity contribution in [3.63, 3.8) is 0 Å². The van der Waals surface area contributed by atoms with E-state index in [1.165, 1.54) is 10.6 Å². The number of hydrogen-bond donors (Lipinski definition) is 1. The van der Waals surface area contributed by atoms with Gasteiger partial charge in [-0.15, -0.1) is 0 Å². The summed E-state index contributed by atoms with van der Waals surface area (Å²) < 4.78 is 126. The highest BCUT2D eigenvalue weighted by Crippen LogP contribution is 2.43. The van der Waals surface area contributed by atoms with Crippen LogP contribution in [0, 0.1) is 11.7 Å². The van der Waals surface area contributed by atoms with E-state index in [1.807, 2.05) is 0 Å². The van der Waals surface area contributed by atoms with E-state index in [0.717, 1.165) is 36.5 Å². The second-order valence-electron chi connectivity index (χ2n) is 9.36. The van der Waals surface area contributed by atoms with Gasteiger partial charge in [0.25, 0.3) is 0 Å². The number of nitrogens with one attached hydrogen (secondary N) is 1. The molecule has 4 nitrogen and oxygen atoms in total. The number of nitrogens with zero attached hydrogens (tertiary/aromatic N) is 1. The van der Waals surface area contributed by atoms with Gasteiger partial charge in [0.15, 0.2) is 0 Å². The predicted molar refractivity (Wildman–Crippen MR) is 121 cm³/mol. The number of hydrogen-bond acceptors (Lipinski definition) is 2. The highest BCUT2D eigenvalue weighted by molar-refractivity contribution is 7.90. The molecule has 1 aliphatic carbocycles. The van der Waals surface area contributed by atoms with Crippen molar-refractivity contribution in [1.82, 2.24) is 9.29 Å². The smallest absolute Gasteiger partial charge is 0.347 e. The molecule has 12 heteroatoms. The van der Waals surface area contributed by atoms with Crippen molar-refractivity contribution in [2.75, 3.05) is 0 Å². The number of fused-ring (bicyclic) bond motifs is 1. The molecule has 1 N–H and O–H groups in total. The summed E-state index contributed by atoms with van der Waals surface area (Å²) in [7, 11) is -4.28. The van der Waals surface area contributed by atoms with Crippen molar-refractivity contribution in [3.05, 3.63) is 59.5 Å². The van der Waals surface area contributed by atoms with Gasteiger partial charge in [0.2, 0.25) is 10.0 Å². The van der Waals surface area contributed by atoms with Crippen molar-refractivity contribution in [3.8, 4) is 11.1 Å². The zero-order chi connectivity index (χ0) is 26.6. The van der Waals surface area contributed by atoms with Crippen LogP contribution in [-0.2, 0) is 22.7 Å². The second-order valence-corrected chi connectivity index (χ2v) is 11.4. The Morgan fingerprint density at radius 2 is 1.67 bits per heavy atom. The van der Waals surface area contributed by atoms with Crippen LogP contribution in [0.2, 0.25) is 0 Å². The van der Waals surface area contributed by atoms with Crippen molar-refractivity contribution in [2.45, 2.75) is 56.9 Å². The Morgan fingerprint density at radius 3 is 2.22 bits per heavy atom. The van der Waals surface area contributed by atoms with Crippen molar-refractivity contribution < 1.29 is 39.2 Å². The molecule has 0 bridgehead atoms. The molecule has 1 atom stereocenters. The highest BCUT2D eigenvalue weighted by atomic mass is 32.2. The van der Waals surface area contributed by atoms with Gasteiger partial charge >= 0.3 is 12.4 Å². The van der Waals surface area contributed by atoms with Crippen LogP contribution in [-0.4, -0.2) is 24.4 Å². The van der Waals surface area contributed by atoms with Crippen LogP contribution in [0.1, 0.15) is 43.9 Å². The lowest BCUT2D eigenvalue weighted by Gasteiger charge is -2.21. The Hall–Kier alpha value is -2.60. The lowest BCUT2D eigenvalue weighted by molar-refractivity contribution is -0.152. The summed E-state index contributed by atoms with van der Waals surface area (Å²) in [5.41, 5.74) is -2.42. The quantitative estimate of drug-likeness (QED) is 0.338. The number of rotatable bonds is 7. The average molecular weight is 537 g/mol. The largest absolute Gasteiger partial charge is 0.417 e. The Bertz CT molecular complexity index is 1390. The minimum atomic E-state index is -5.04. The van der Waals surface area contributed by atoms with Gasteiger partial charge in [0, 0.05) is 34.8 Å². The summed E-state index contributed by atoms with van der Waals surface area (Å²) in [4.78, 5) is 0. The Kier molecular flexibility index (Phi) is 6.66. The van der Waals surface area contributed by atoms with Crippen molar-refractivity contribution in [2.24, 2.45) is 5.92 Å². The first kappa shape index (κ1) is 26.5. The standard InChI is InChI=1S/C24H23F7N2O2S/c1-13(2)11-33-12-18(22(24(29,30)31)32-36(34,35)14-7-8-14)17-9-20(25)16(10-21(17)33)15-5-3-4-6-19(15)23(26,27)28/h3-6,9-10,12-14,22,32H,7-8,11H2,1-2H3/t22-/m0/s1. The van der Waals surface area contributed by atoms with Gasteiger partial charge < -0.3 is 4.57 Å². The minimum absolute atomic E-state index is 0.0620. The fraction of sp³-hybridized carbons (Fsp3) is 0.417. The molecule has 0 saturated heterocycles. The number of halogens is 7. The fourth-order valence-electron chi connectivity index (χ4n) is 4.23. The molecular weight excluding hydrogens is 513 g/mol. The van der Waals surface area contributed by atoms with Crippen LogP contribution < -0.4 is 4.72 Å². The molecular formula is C24H23F7N2O2S. The van der Waals surface area contributed by atoms with E-state index in [9.17, 15) is 34.8 Å². The summed E-state index contributed by atoms with van der Waals surface area (Å²) >= 11 is 0. The van der Waals surface area contributed by atoms with E-state index in [1.54, 1.807) is 18.6 Å². The number of aromatic nitrogens is 1. The Balaban J connectivity index is 1.95. The van der Waals surface area contributed by atoms with Gasteiger partial charge in [-0.3, -0.25) is 0 Å². The first-order valence-electron chi connectivity index (χ1n) is 11.2. The van der Waals surface area contributed by atoms with Gasteiger partial charge in [0.05, 0.1) is 10.8 Å². The van der Waals surface area contributed by atoms with E-state index in [-0.39, 0.29) is 36.2 Å². The summed E-state index contributed by atoms with van der Waals surface area (Å²) in [5.74, 6) is -1.24. The predicted octanol–water partition coefficient (Wildman–Crippen LogP) is 6.81. The lowest BCUT2D eigenvalue weighted by atomic mass is 9.96. The van der Waals surface area contributed by atoms with Gasteiger partial charge in [-0.2, -0.15) is 31.1 Å². The second kappa shape index (κ2) is 9.05. The molecule has 2 aromatic carbocycles. The molecule has 1 fully saturated rings. The molecule has 1 aromatic heterocycles. The maximum Gasteiger partial charge on any atom is 0.417 e. The van der Waals surface area contributed by atoms with Crippen LogP contribution in [0.15, 0.2) is 42.6 Å². The first-order chi connectivity index (χ1) is 16.6. The normalized spacial score (nSPS) is 16.2. The molecule has 1 aliphatic rings. The van der Waals surface area contributed by atoms with Crippen molar-refractivity contribution >= 4 is 20.9 Å². The van der Waals surface area contributed by atoms with E-state index in [0.29, 0.717) is 0 Å². The number of sulfonamides is 1. The van der Waals surface area contributed by atoms with Crippen LogP contribution in [0.4, 0.5) is 30.7 Å². The van der Waals surface area contributed by atoms with Gasteiger partial charge in [0.1, 0.15) is 11.9 Å². The van der Waals surface area contributed by atoms with E-state index in [4.69, 9.17) is 0 Å². The number of benzene rings is 2. The Morgan fingerprint density at radius 1 is 1.03 bits per heavy atom. The molecule has 0 radical (unpaired) electrons. The monoisotopic (exact) mass is 536 g/mol. The van der Waals surface area contributed by atoms with E-state index < -0.39 is 61.7 Å². The fourth-order valence-corrected chi connectivity index (χ4v) is 5.77.